The summed E-state index contributed by atoms with van der Waals surface area (Å²) in [6, 6.07) is 5.58. The lowest BCUT2D eigenvalue weighted by Crippen LogP contribution is -2.44. The van der Waals surface area contributed by atoms with Crippen LogP contribution in [-0.4, -0.2) is 37.1 Å². The van der Waals surface area contributed by atoms with Gasteiger partial charge >= 0.3 is 6.18 Å². The molecule has 0 bridgehead atoms. The van der Waals surface area contributed by atoms with Gasteiger partial charge in [0.1, 0.15) is 0 Å². The molecule has 1 aromatic carbocycles. The SMILES string of the molecule is O=C(C1CCOCC1)N1CCC[C@@H](CCc2cccc(C(F)(F)F)c2)C1. The zero-order valence-electron chi connectivity index (χ0n) is 14.9. The number of amides is 1. The van der Waals surface area contributed by atoms with E-state index in [2.05, 4.69) is 0 Å². The van der Waals surface area contributed by atoms with Crippen LogP contribution in [0.1, 0.15) is 43.2 Å². The number of halogens is 3. The van der Waals surface area contributed by atoms with Gasteiger partial charge < -0.3 is 9.64 Å². The van der Waals surface area contributed by atoms with Crippen LogP contribution >= 0.6 is 0 Å². The number of piperidine rings is 1. The third-order valence-corrected chi connectivity index (χ3v) is 5.50. The number of hydrogen-bond donors (Lipinski definition) is 0. The molecule has 0 saturated carbocycles. The molecule has 2 fully saturated rings. The highest BCUT2D eigenvalue weighted by molar-refractivity contribution is 5.79. The molecule has 3 rings (SSSR count). The summed E-state index contributed by atoms with van der Waals surface area (Å²) >= 11 is 0. The van der Waals surface area contributed by atoms with Gasteiger partial charge in [-0.05, 0) is 56.1 Å². The van der Waals surface area contributed by atoms with Crippen molar-refractivity contribution < 1.29 is 22.7 Å². The summed E-state index contributed by atoms with van der Waals surface area (Å²) in [5, 5.41) is 0. The van der Waals surface area contributed by atoms with E-state index in [1.807, 2.05) is 4.90 Å². The molecule has 1 amide bonds. The minimum atomic E-state index is -4.30. The third kappa shape index (κ3) is 5.00. The summed E-state index contributed by atoms with van der Waals surface area (Å²) in [5.74, 6) is 0.671. The molecule has 2 saturated heterocycles. The number of carbonyl (C=O) groups is 1. The molecule has 2 aliphatic rings. The van der Waals surface area contributed by atoms with Gasteiger partial charge in [0.25, 0.3) is 0 Å². The van der Waals surface area contributed by atoms with E-state index in [0.29, 0.717) is 31.1 Å². The zero-order valence-corrected chi connectivity index (χ0v) is 14.9. The van der Waals surface area contributed by atoms with Gasteiger partial charge in [-0.3, -0.25) is 4.79 Å². The summed E-state index contributed by atoms with van der Waals surface area (Å²) in [7, 11) is 0. The van der Waals surface area contributed by atoms with Crippen molar-refractivity contribution in [1.82, 2.24) is 4.90 Å². The van der Waals surface area contributed by atoms with Crippen molar-refractivity contribution in [2.75, 3.05) is 26.3 Å². The Hall–Kier alpha value is -1.56. The van der Waals surface area contributed by atoms with Gasteiger partial charge in [-0.1, -0.05) is 18.2 Å². The van der Waals surface area contributed by atoms with Gasteiger partial charge in [-0.2, -0.15) is 13.2 Å². The van der Waals surface area contributed by atoms with Gasteiger partial charge in [-0.15, -0.1) is 0 Å². The second kappa shape index (κ2) is 8.42. The third-order valence-electron chi connectivity index (χ3n) is 5.50. The van der Waals surface area contributed by atoms with E-state index in [4.69, 9.17) is 4.74 Å². The number of rotatable bonds is 4. The normalized spacial score (nSPS) is 22.4. The van der Waals surface area contributed by atoms with Crippen molar-refractivity contribution in [3.05, 3.63) is 35.4 Å². The second-order valence-electron chi connectivity index (χ2n) is 7.42. The standard InChI is InChI=1S/C20H26F3NO2/c21-20(22,23)18-5-1-3-15(13-18)6-7-16-4-2-10-24(14-16)19(25)17-8-11-26-12-9-17/h1,3,5,13,16-17H,2,4,6-12,14H2/t16-/m0/s1. The molecular weight excluding hydrogens is 343 g/mol. The Bertz CT molecular complexity index is 611. The first-order chi connectivity index (χ1) is 12.4. The molecular formula is C20H26F3NO2. The number of alkyl halides is 3. The number of ether oxygens (including phenoxy) is 1. The number of hydrogen-bond acceptors (Lipinski definition) is 2. The number of benzene rings is 1. The van der Waals surface area contributed by atoms with Crippen LogP contribution in [0.25, 0.3) is 0 Å². The number of likely N-dealkylation sites (tertiary alicyclic amines) is 1. The first kappa shape index (κ1) is 19.2. The predicted octanol–water partition coefficient (Wildman–Crippen LogP) is 4.30. The van der Waals surface area contributed by atoms with Crippen LogP contribution in [0.4, 0.5) is 13.2 Å². The number of nitrogens with zero attached hydrogens (tertiary/aromatic N) is 1. The molecule has 0 spiro atoms. The van der Waals surface area contributed by atoms with E-state index in [0.717, 1.165) is 51.3 Å². The van der Waals surface area contributed by atoms with Crippen molar-refractivity contribution >= 4 is 5.91 Å². The highest BCUT2D eigenvalue weighted by Crippen LogP contribution is 2.30. The highest BCUT2D eigenvalue weighted by Gasteiger charge is 2.31. The summed E-state index contributed by atoms with van der Waals surface area (Å²) in [4.78, 5) is 14.6. The summed E-state index contributed by atoms with van der Waals surface area (Å²) in [6.07, 6.45) is 0.744. The Balaban J connectivity index is 1.53. The van der Waals surface area contributed by atoms with Crippen molar-refractivity contribution in [3.63, 3.8) is 0 Å². The van der Waals surface area contributed by atoms with E-state index >= 15 is 0 Å². The van der Waals surface area contributed by atoms with Crippen LogP contribution in [0.15, 0.2) is 24.3 Å². The Labute approximate surface area is 152 Å². The maximum atomic E-state index is 12.8. The van der Waals surface area contributed by atoms with Gasteiger partial charge in [0, 0.05) is 32.2 Å². The Kier molecular flexibility index (Phi) is 6.22. The fourth-order valence-electron chi connectivity index (χ4n) is 3.98. The van der Waals surface area contributed by atoms with Crippen molar-refractivity contribution in [2.45, 2.75) is 44.7 Å². The smallest absolute Gasteiger partial charge is 0.381 e. The van der Waals surface area contributed by atoms with Crippen LogP contribution in [0, 0.1) is 11.8 Å². The van der Waals surface area contributed by atoms with Gasteiger partial charge in [0.05, 0.1) is 5.56 Å². The van der Waals surface area contributed by atoms with Crippen LogP contribution in [0.5, 0.6) is 0 Å². The molecule has 3 nitrogen and oxygen atoms in total. The van der Waals surface area contributed by atoms with E-state index < -0.39 is 11.7 Å². The van der Waals surface area contributed by atoms with Crippen molar-refractivity contribution in [1.29, 1.82) is 0 Å². The molecule has 6 heteroatoms. The molecule has 0 radical (unpaired) electrons. The topological polar surface area (TPSA) is 29.5 Å². The molecule has 144 valence electrons. The molecule has 0 unspecified atom stereocenters. The quantitative estimate of drug-likeness (QED) is 0.792. The van der Waals surface area contributed by atoms with E-state index in [9.17, 15) is 18.0 Å². The maximum absolute atomic E-state index is 12.8. The fraction of sp³-hybridized carbons (Fsp3) is 0.650. The van der Waals surface area contributed by atoms with Gasteiger partial charge in [0.2, 0.25) is 5.91 Å². The van der Waals surface area contributed by atoms with E-state index in [-0.39, 0.29) is 11.8 Å². The Morgan fingerprint density at radius 2 is 1.96 bits per heavy atom. The second-order valence-corrected chi connectivity index (χ2v) is 7.42. The monoisotopic (exact) mass is 369 g/mol. The summed E-state index contributed by atoms with van der Waals surface area (Å²) in [6.45, 7) is 2.85. The molecule has 0 aromatic heterocycles. The van der Waals surface area contributed by atoms with Crippen LogP contribution in [0.3, 0.4) is 0 Å². The summed E-state index contributed by atoms with van der Waals surface area (Å²) in [5.41, 5.74) is 0.127. The molecule has 1 aromatic rings. The van der Waals surface area contributed by atoms with Gasteiger partial charge in [-0.25, -0.2) is 0 Å². The molecule has 2 heterocycles. The fourth-order valence-corrected chi connectivity index (χ4v) is 3.98. The van der Waals surface area contributed by atoms with Crippen LogP contribution < -0.4 is 0 Å². The maximum Gasteiger partial charge on any atom is 0.416 e. The summed E-state index contributed by atoms with van der Waals surface area (Å²) < 4.78 is 43.8. The first-order valence-corrected chi connectivity index (χ1v) is 9.46. The minimum absolute atomic E-state index is 0.0750. The van der Waals surface area contributed by atoms with E-state index in [1.165, 1.54) is 12.1 Å². The first-order valence-electron chi connectivity index (χ1n) is 9.46. The van der Waals surface area contributed by atoms with Crippen molar-refractivity contribution in [2.24, 2.45) is 11.8 Å². The minimum Gasteiger partial charge on any atom is -0.381 e. The van der Waals surface area contributed by atoms with E-state index in [1.54, 1.807) is 6.07 Å². The van der Waals surface area contributed by atoms with Crippen LogP contribution in [0.2, 0.25) is 0 Å². The Morgan fingerprint density at radius 3 is 2.69 bits per heavy atom. The molecule has 1 atom stereocenters. The van der Waals surface area contributed by atoms with Gasteiger partial charge in [0.15, 0.2) is 0 Å². The zero-order chi connectivity index (χ0) is 18.6. The highest BCUT2D eigenvalue weighted by atomic mass is 19.4. The van der Waals surface area contributed by atoms with Crippen LogP contribution in [-0.2, 0) is 22.1 Å². The lowest BCUT2D eigenvalue weighted by Gasteiger charge is -2.36. The molecule has 26 heavy (non-hydrogen) atoms. The number of carbonyl (C=O) groups excluding carboxylic acids is 1. The Morgan fingerprint density at radius 1 is 1.19 bits per heavy atom. The average Bonchev–Trinajstić information content (AvgIpc) is 2.66. The number of aryl methyl sites for hydroxylation is 1. The molecule has 2 aliphatic heterocycles. The average molecular weight is 369 g/mol. The lowest BCUT2D eigenvalue weighted by atomic mass is 9.90. The molecule has 0 aliphatic carbocycles. The van der Waals surface area contributed by atoms with Crippen molar-refractivity contribution in [3.8, 4) is 0 Å². The predicted molar refractivity (Wildman–Crippen MR) is 92.6 cm³/mol. The lowest BCUT2D eigenvalue weighted by molar-refractivity contribution is -0.140. The largest absolute Gasteiger partial charge is 0.416 e. The molecule has 0 N–H and O–H groups in total.